The van der Waals surface area contributed by atoms with Crippen LogP contribution < -0.4 is 23.7 Å². The number of carbonyl (C=O) groups is 5. The zero-order valence-electron chi connectivity index (χ0n) is 61.3. The highest BCUT2D eigenvalue weighted by Gasteiger charge is 2.55. The van der Waals surface area contributed by atoms with E-state index in [9.17, 15) is 116 Å². The lowest BCUT2D eigenvalue weighted by Crippen LogP contribution is -2.66. The molecule has 5 fully saturated rings. The van der Waals surface area contributed by atoms with Gasteiger partial charge in [-0.25, -0.2) is 18.8 Å². The molecule has 5 aliphatic rings. The first kappa shape index (κ1) is 87.1. The molecule has 5 saturated heterocycles. The Balaban J connectivity index is 0.886. The van der Waals surface area contributed by atoms with Gasteiger partial charge in [0.2, 0.25) is 24.6 Å². The Morgan fingerprint density at radius 1 is 0.444 bits per heavy atom. The molecule has 0 unspecified atom stereocenters. The Hall–Kier alpha value is -10.7. The maximum Gasteiger partial charge on any atom is 0.402 e. The predicted molar refractivity (Wildman–Crippen MR) is 384 cm³/mol. The number of hydrogen-bond donors (Lipinski definition) is 19. The summed E-state index contributed by atoms with van der Waals surface area (Å²) in [6.45, 7) is -4.31. The molecule has 632 valence electrons. The van der Waals surface area contributed by atoms with Gasteiger partial charge in [0.25, 0.3) is 0 Å². The SMILES string of the molecule is COc1cc(C=CC(=O)OC[C@H]2O[C@@H](Oc3ccc(/C=C/C(=O)OC[C@H]4O[C@@H](Oc5cc6c(O[C@@H]7O[C@H](COC(=O)CC(=O)O)[C@@H](O)[C@H](O)[C@H]7O)cc(O)cc6[o+]c5-c5ccc(O)c(O)c5)[C@H](O[C@@H]5OC[C@@H](O)[C@H](O[C@@H]6O[C@H](CO)[C@@H](O)[C@H](O)[C@H]6O)[C@H]5OC(=O)C=Cc5ccc(O)c(OC)c5)[C@@H](O)[C@@H]4O)cc3)[C@H](O)[C@@H](O)[C@@H]2O)ccc1O. The van der Waals surface area contributed by atoms with Crippen molar-refractivity contribution in [2.75, 3.05) is 47.3 Å². The fraction of sp³-hybridized carbons (Fsp3) is 0.421. The van der Waals surface area contributed by atoms with Gasteiger partial charge in [0, 0.05) is 36.4 Å². The van der Waals surface area contributed by atoms with Crippen LogP contribution in [0.2, 0.25) is 0 Å². The minimum Gasteiger partial charge on any atom is -0.507 e. The predicted octanol–water partition coefficient (Wildman–Crippen LogP) is -2.43. The number of esters is 4. The lowest BCUT2D eigenvalue weighted by atomic mass is 9.97. The first-order valence-electron chi connectivity index (χ1n) is 35.6. The largest absolute Gasteiger partial charge is 0.507 e. The molecule has 6 heterocycles. The van der Waals surface area contributed by atoms with E-state index in [1.165, 1.54) is 99.2 Å². The number of hydrogen-bond acceptors (Lipinski definition) is 39. The van der Waals surface area contributed by atoms with E-state index in [1.807, 2.05) is 0 Å². The molecule has 117 heavy (non-hydrogen) atoms. The Kier molecular flexibility index (Phi) is 28.7. The van der Waals surface area contributed by atoms with Crippen molar-refractivity contribution in [2.24, 2.45) is 0 Å². The van der Waals surface area contributed by atoms with Gasteiger partial charge in [0.05, 0.1) is 39.1 Å². The summed E-state index contributed by atoms with van der Waals surface area (Å²) in [5.74, 6) is -10.1. The third-order valence-corrected chi connectivity index (χ3v) is 18.9. The summed E-state index contributed by atoms with van der Waals surface area (Å²) in [6, 6.07) is 19.9. The van der Waals surface area contributed by atoms with Crippen LogP contribution in [0, 0.1) is 0 Å². The topological polar surface area (TPSA) is 629 Å². The summed E-state index contributed by atoms with van der Waals surface area (Å²) >= 11 is 0. The molecule has 24 atom stereocenters. The minimum atomic E-state index is -2.37. The second-order valence-electron chi connectivity index (χ2n) is 26.9. The summed E-state index contributed by atoms with van der Waals surface area (Å²) in [5, 5.41) is 206. The zero-order chi connectivity index (χ0) is 84.4. The van der Waals surface area contributed by atoms with Gasteiger partial charge in [-0.2, -0.15) is 0 Å². The molecule has 0 aliphatic carbocycles. The molecule has 6 aromatic rings. The number of aliphatic hydroxyl groups is 13. The molecule has 0 amide bonds. The van der Waals surface area contributed by atoms with Crippen molar-refractivity contribution < 1.29 is 201 Å². The van der Waals surface area contributed by atoms with E-state index in [0.29, 0.717) is 11.1 Å². The fourth-order valence-electron chi connectivity index (χ4n) is 12.5. The maximum atomic E-state index is 14.1. The molecule has 0 saturated carbocycles. The summed E-state index contributed by atoms with van der Waals surface area (Å²) in [4.78, 5) is 63.8. The molecule has 0 bridgehead atoms. The Morgan fingerprint density at radius 2 is 0.932 bits per heavy atom. The zero-order valence-corrected chi connectivity index (χ0v) is 61.3. The van der Waals surface area contributed by atoms with Gasteiger partial charge < -0.3 is 173 Å². The molecule has 11 rings (SSSR count). The maximum absolute atomic E-state index is 14.1. The van der Waals surface area contributed by atoms with E-state index in [2.05, 4.69) is 0 Å². The third kappa shape index (κ3) is 21.0. The second-order valence-corrected chi connectivity index (χ2v) is 26.9. The number of aromatic hydroxyl groups is 5. The van der Waals surface area contributed by atoms with Crippen molar-refractivity contribution in [3.05, 3.63) is 132 Å². The van der Waals surface area contributed by atoms with E-state index in [0.717, 1.165) is 48.6 Å². The molecular formula is C76H83O41+. The van der Waals surface area contributed by atoms with E-state index < -0.39 is 251 Å². The van der Waals surface area contributed by atoms with E-state index in [-0.39, 0.29) is 50.8 Å². The van der Waals surface area contributed by atoms with Crippen molar-refractivity contribution in [3.8, 4) is 68.8 Å². The number of ether oxygens (including phenoxy) is 16. The van der Waals surface area contributed by atoms with Gasteiger partial charge in [0.15, 0.2) is 59.3 Å². The molecule has 0 spiro atoms. The van der Waals surface area contributed by atoms with Crippen LogP contribution in [0.4, 0.5) is 0 Å². The van der Waals surface area contributed by atoms with Gasteiger partial charge in [-0.1, -0.05) is 24.3 Å². The van der Waals surface area contributed by atoms with Crippen LogP contribution in [0.5, 0.6) is 57.5 Å². The van der Waals surface area contributed by atoms with Crippen LogP contribution in [-0.4, -0.2) is 322 Å². The quantitative estimate of drug-likeness (QED) is 0.00580. The van der Waals surface area contributed by atoms with Crippen molar-refractivity contribution >= 4 is 59.0 Å². The average molecular weight is 1650 g/mol. The summed E-state index contributed by atoms with van der Waals surface area (Å²) in [7, 11) is 2.59. The van der Waals surface area contributed by atoms with Gasteiger partial charge >= 0.3 is 41.2 Å². The van der Waals surface area contributed by atoms with Crippen molar-refractivity contribution in [3.63, 3.8) is 0 Å². The first-order valence-corrected chi connectivity index (χ1v) is 35.6. The number of rotatable bonds is 29. The lowest BCUT2D eigenvalue weighted by molar-refractivity contribution is -0.369. The third-order valence-electron chi connectivity index (χ3n) is 18.9. The summed E-state index contributed by atoms with van der Waals surface area (Å²) in [5.41, 5.74) is 0.466. The monoisotopic (exact) mass is 1650 g/mol. The second kappa shape index (κ2) is 38.6. The molecule has 19 N–H and O–H groups in total. The number of carboxylic acids is 1. The number of carbonyl (C=O) groups excluding carboxylic acids is 4. The molecule has 1 aromatic heterocycles. The Labute approximate surface area is 659 Å². The number of phenols is 5. The number of methoxy groups -OCH3 is 2. The van der Waals surface area contributed by atoms with Crippen LogP contribution in [0.25, 0.3) is 40.5 Å². The highest BCUT2D eigenvalue weighted by atomic mass is 16.8. The Morgan fingerprint density at radius 3 is 1.50 bits per heavy atom. The molecule has 5 aromatic carbocycles. The number of benzene rings is 5. The normalized spacial score (nSPS) is 30.7. The molecule has 0 radical (unpaired) electrons. The van der Waals surface area contributed by atoms with Crippen molar-refractivity contribution in [1.29, 1.82) is 0 Å². The van der Waals surface area contributed by atoms with Crippen LogP contribution in [0.1, 0.15) is 23.1 Å². The van der Waals surface area contributed by atoms with Gasteiger partial charge in [-0.05, 0) is 83.4 Å². The summed E-state index contributed by atoms with van der Waals surface area (Å²) in [6.07, 6.45) is -42.2. The number of phenolic OH excluding ortho intramolecular Hbond substituents is 5. The van der Waals surface area contributed by atoms with Crippen LogP contribution in [0.15, 0.2) is 120 Å². The number of fused-ring (bicyclic) bond motifs is 1. The average Bonchev–Trinajstić information content (AvgIpc) is 0.732. The molecule has 41 nitrogen and oxygen atoms in total. The number of aliphatic carboxylic acids is 1. The smallest absolute Gasteiger partial charge is 0.402 e. The first-order chi connectivity index (χ1) is 55.8. The highest BCUT2D eigenvalue weighted by molar-refractivity contribution is 5.91. The minimum absolute atomic E-state index is 0.0151. The van der Waals surface area contributed by atoms with E-state index in [1.54, 1.807) is 0 Å². The molecule has 41 heteroatoms. The molecule has 5 aliphatic heterocycles. The van der Waals surface area contributed by atoms with Gasteiger partial charge in [-0.3, -0.25) is 9.59 Å². The van der Waals surface area contributed by atoms with Crippen molar-refractivity contribution in [2.45, 2.75) is 154 Å². The number of carboxylic acid groups (broad SMARTS) is 1. The molecular weight excluding hydrogens is 1570 g/mol. The van der Waals surface area contributed by atoms with E-state index >= 15 is 0 Å². The summed E-state index contributed by atoms with van der Waals surface area (Å²) < 4.78 is 98.2. The highest BCUT2D eigenvalue weighted by Crippen LogP contribution is 2.45. The van der Waals surface area contributed by atoms with Crippen LogP contribution >= 0.6 is 0 Å². The fourth-order valence-corrected chi connectivity index (χ4v) is 12.5. The van der Waals surface area contributed by atoms with Gasteiger partial charge in [-0.15, -0.1) is 0 Å². The Bertz CT molecular complexity index is 4550. The van der Waals surface area contributed by atoms with E-state index in [4.69, 9.17) is 85.3 Å². The lowest BCUT2D eigenvalue weighted by Gasteiger charge is -2.47. The van der Waals surface area contributed by atoms with Crippen molar-refractivity contribution in [1.82, 2.24) is 0 Å². The van der Waals surface area contributed by atoms with Gasteiger partial charge in [0.1, 0.15) is 153 Å². The standard InChI is InChI=1S/C76H82O41/c1-101-45-19-32(5-13-39(45)80)8-17-54(87)103-28-49-58(91)62(95)65(98)72(112-49)107-36-11-3-31(4-12-36)7-16-53(86)104-29-51-60(93)64(97)70(117-75-71(115-55(88)18-9-33-6-14-40(81)46(20-33)102-2)69(42(83)27-106-75)116-74-67(100)61(94)57(90)48(26-77)111-74)76(114-51)110-47-24-37-43(108-68(47)34-10-15-38(79)41(82)21-34)22-35(78)23-44(37)109-73-66(99)63(96)59(92)50(113-73)30-105-56(89)25-52(84)85/h3-24,42,48-51,57-67,69-77,83,90-100H,25-30H2,1-2H3,(H5-,78,79,80,81,82,84,85,87,88)/p+1/b16-7+/t42-,48-,49-,50-,51-,57-,58-,59-,60-,61+,62+,63+,64+,65-,66-,67-,69+,70-,71-,72-,73-,74+,75+,76-/m1/s1. The van der Waals surface area contributed by atoms with Crippen LogP contribution in [0.3, 0.4) is 0 Å². The number of aliphatic hydroxyl groups excluding tert-OH is 13. The van der Waals surface area contributed by atoms with Crippen LogP contribution in [-0.2, 0) is 76.1 Å².